The van der Waals surface area contributed by atoms with Crippen molar-refractivity contribution in [2.24, 2.45) is 25.9 Å². The number of aliphatic hydroxyl groups excluding tert-OH is 1. The lowest BCUT2D eigenvalue weighted by Gasteiger charge is -2.11. The predicted octanol–water partition coefficient (Wildman–Crippen LogP) is 7.08. The van der Waals surface area contributed by atoms with Gasteiger partial charge in [-0.05, 0) is 121 Å². The number of aromatic nitrogens is 8. The fourth-order valence-corrected chi connectivity index (χ4v) is 8.05. The van der Waals surface area contributed by atoms with Gasteiger partial charge in [-0.15, -0.1) is 0 Å². The van der Waals surface area contributed by atoms with Crippen LogP contribution in [0.2, 0.25) is 10.3 Å². The summed E-state index contributed by atoms with van der Waals surface area (Å²) >= 11 is 24.1. The van der Waals surface area contributed by atoms with Crippen LogP contribution in [-0.2, 0) is 33.6 Å². The smallest absolute Gasteiger partial charge is 0.133 e. The number of nitrogens with zero attached hydrogens (tertiary/aromatic N) is 8. The summed E-state index contributed by atoms with van der Waals surface area (Å²) in [6, 6.07) is 0. The molecule has 0 aliphatic heterocycles. The lowest BCUT2D eigenvalue weighted by Crippen LogP contribution is -2.05. The van der Waals surface area contributed by atoms with Crippen molar-refractivity contribution in [3.8, 4) is 0 Å². The average molecular weight is 941 g/mol. The summed E-state index contributed by atoms with van der Waals surface area (Å²) in [6.07, 6.45) is 7.02. The van der Waals surface area contributed by atoms with E-state index in [9.17, 15) is 5.11 Å². The highest BCUT2D eigenvalue weighted by atomic mass is 127. The van der Waals surface area contributed by atoms with Gasteiger partial charge in [-0.3, -0.25) is 18.7 Å². The van der Waals surface area contributed by atoms with E-state index < -0.39 is 6.10 Å². The topological polar surface area (TPSA) is 91.5 Å². The third kappa shape index (κ3) is 6.79. The largest absolute Gasteiger partial charge is 0.383 e. The highest BCUT2D eigenvalue weighted by Gasteiger charge is 2.30. The van der Waals surface area contributed by atoms with E-state index in [0.29, 0.717) is 25.5 Å². The van der Waals surface area contributed by atoms with Crippen LogP contribution in [-0.4, -0.2) is 44.2 Å². The second-order valence-electron chi connectivity index (χ2n) is 10.4. The summed E-state index contributed by atoms with van der Waals surface area (Å²) in [5.74, 6) is 1.53. The van der Waals surface area contributed by atoms with E-state index in [4.69, 9.17) is 23.2 Å². The van der Waals surface area contributed by atoms with Crippen LogP contribution >= 0.6 is 100 Å². The Kier molecular flexibility index (Phi) is 10.00. The first kappa shape index (κ1) is 31.2. The molecule has 2 saturated carbocycles. The average Bonchev–Trinajstić information content (AvgIpc) is 3.79. The summed E-state index contributed by atoms with van der Waals surface area (Å²) in [4.78, 5) is 0. The van der Waals surface area contributed by atoms with Crippen molar-refractivity contribution in [1.29, 1.82) is 0 Å². The molecular formula is C25H28Br2Cl2I2N8O. The van der Waals surface area contributed by atoms with E-state index in [1.54, 1.807) is 16.4 Å². The van der Waals surface area contributed by atoms with Crippen LogP contribution in [0.25, 0.3) is 0 Å². The highest BCUT2D eigenvalue weighted by molar-refractivity contribution is 14.1. The SMILES string of the molecule is Cc1nn(CC2CC2)c(Br)c1C(O)c1c(I)nn(C)c1Cl.Cn1nc(I)c(Cc2cnn(CC3CC3)c2Br)c1Cl. The van der Waals surface area contributed by atoms with Gasteiger partial charge in [-0.1, -0.05) is 23.2 Å². The lowest BCUT2D eigenvalue weighted by molar-refractivity contribution is 0.217. The van der Waals surface area contributed by atoms with Gasteiger partial charge in [-0.2, -0.15) is 20.4 Å². The van der Waals surface area contributed by atoms with Gasteiger partial charge < -0.3 is 5.11 Å². The Labute approximate surface area is 286 Å². The first-order valence-corrected chi connectivity index (χ1v) is 17.3. The zero-order valence-electron chi connectivity index (χ0n) is 22.1. The number of halogens is 6. The number of rotatable bonds is 8. The van der Waals surface area contributed by atoms with Crippen LogP contribution in [0.3, 0.4) is 0 Å². The van der Waals surface area contributed by atoms with Crippen molar-refractivity contribution < 1.29 is 5.11 Å². The standard InChI is InChI=1S/C13H15BrClIN4O.C12H13BrClIN4/c1-6-8(11(14)20(17-6)5-7-3-4-7)10(21)9-12(15)19(2)18-13(9)16;1-18-11(14)9(12(15)17-18)4-8-5-16-19(10(8)13)6-7-2-3-7/h7,10,21H,3-5H2,1-2H3;5,7H,2-4,6H2,1H3. The number of hydrogen-bond donors (Lipinski definition) is 1. The summed E-state index contributed by atoms with van der Waals surface area (Å²) in [7, 11) is 3.62. The van der Waals surface area contributed by atoms with Gasteiger partial charge in [0.2, 0.25) is 0 Å². The first-order valence-electron chi connectivity index (χ1n) is 12.8. The van der Waals surface area contributed by atoms with Gasteiger partial charge in [0.05, 0.1) is 17.5 Å². The van der Waals surface area contributed by atoms with Gasteiger partial charge >= 0.3 is 0 Å². The van der Waals surface area contributed by atoms with E-state index in [0.717, 1.165) is 60.7 Å². The molecule has 4 aromatic heterocycles. The third-order valence-corrected chi connectivity index (χ3v) is 11.5. The van der Waals surface area contributed by atoms with Crippen LogP contribution in [0.4, 0.5) is 0 Å². The maximum absolute atomic E-state index is 10.8. The summed E-state index contributed by atoms with van der Waals surface area (Å²) < 4.78 is 10.8. The summed E-state index contributed by atoms with van der Waals surface area (Å²) in [6.45, 7) is 3.81. The molecule has 1 N–H and O–H groups in total. The molecule has 2 aliphatic rings. The minimum atomic E-state index is -0.833. The summed E-state index contributed by atoms with van der Waals surface area (Å²) in [5.41, 5.74) is 4.44. The van der Waals surface area contributed by atoms with Crippen molar-refractivity contribution in [2.45, 2.75) is 58.2 Å². The molecule has 1 atom stereocenters. The molecule has 9 nitrogen and oxygen atoms in total. The molecule has 1 unspecified atom stereocenters. The fourth-order valence-electron chi connectivity index (χ4n) is 4.46. The van der Waals surface area contributed by atoms with E-state index in [1.807, 2.05) is 29.5 Å². The lowest BCUT2D eigenvalue weighted by atomic mass is 10.1. The van der Waals surface area contributed by atoms with Crippen LogP contribution < -0.4 is 0 Å². The normalized spacial score (nSPS) is 15.8. The minimum absolute atomic E-state index is 0.452. The molecule has 0 aromatic carbocycles. The van der Waals surface area contributed by atoms with Gasteiger partial charge in [0, 0.05) is 50.3 Å². The van der Waals surface area contributed by atoms with E-state index >= 15 is 0 Å². The second-order valence-corrected chi connectivity index (χ2v) is 14.6. The Balaban J connectivity index is 0.000000162. The van der Waals surface area contributed by atoms with Gasteiger partial charge in [0.25, 0.3) is 0 Å². The molecule has 4 heterocycles. The highest BCUT2D eigenvalue weighted by Crippen LogP contribution is 2.38. The van der Waals surface area contributed by atoms with Crippen molar-refractivity contribution in [1.82, 2.24) is 39.1 Å². The quantitative estimate of drug-likeness (QED) is 0.191. The third-order valence-electron chi connectivity index (χ3n) is 7.11. The van der Waals surface area contributed by atoms with Crippen LogP contribution in [0.5, 0.6) is 0 Å². The maximum atomic E-state index is 10.8. The van der Waals surface area contributed by atoms with Crippen LogP contribution in [0, 0.1) is 26.2 Å². The minimum Gasteiger partial charge on any atom is -0.383 e. The van der Waals surface area contributed by atoms with E-state index in [2.05, 4.69) is 97.4 Å². The van der Waals surface area contributed by atoms with Crippen molar-refractivity contribution in [3.05, 3.63) is 61.1 Å². The molecule has 0 amide bonds. The molecule has 0 radical (unpaired) electrons. The van der Waals surface area contributed by atoms with Crippen LogP contribution in [0.1, 0.15) is 59.7 Å². The Morgan fingerprint density at radius 1 is 0.900 bits per heavy atom. The molecule has 4 aromatic rings. The number of hydrogen-bond acceptors (Lipinski definition) is 5. The molecular weight excluding hydrogens is 913 g/mol. The molecule has 40 heavy (non-hydrogen) atoms. The summed E-state index contributed by atoms with van der Waals surface area (Å²) in [5, 5.41) is 29.5. The van der Waals surface area contributed by atoms with E-state index in [1.165, 1.54) is 25.7 Å². The zero-order valence-corrected chi connectivity index (χ0v) is 31.1. The molecule has 0 bridgehead atoms. The van der Waals surface area contributed by atoms with Gasteiger partial charge in [-0.25, -0.2) is 0 Å². The number of aryl methyl sites for hydroxylation is 3. The Morgan fingerprint density at radius 2 is 1.48 bits per heavy atom. The van der Waals surface area contributed by atoms with Crippen molar-refractivity contribution in [3.63, 3.8) is 0 Å². The van der Waals surface area contributed by atoms with Gasteiger partial charge in [0.1, 0.15) is 33.0 Å². The molecule has 2 fully saturated rings. The predicted molar refractivity (Wildman–Crippen MR) is 179 cm³/mol. The molecule has 15 heteroatoms. The zero-order chi connectivity index (χ0) is 28.9. The molecule has 6 rings (SSSR count). The second kappa shape index (κ2) is 12.8. The Morgan fingerprint density at radius 3 is 2.00 bits per heavy atom. The maximum Gasteiger partial charge on any atom is 0.133 e. The molecule has 0 spiro atoms. The Hall–Kier alpha value is -0.200. The molecule has 0 saturated heterocycles. The molecule has 216 valence electrons. The molecule has 2 aliphatic carbocycles. The van der Waals surface area contributed by atoms with Gasteiger partial charge in [0.15, 0.2) is 0 Å². The monoisotopic (exact) mass is 938 g/mol. The Bertz CT molecular complexity index is 1540. The van der Waals surface area contributed by atoms with Crippen molar-refractivity contribution in [2.75, 3.05) is 0 Å². The number of aliphatic hydroxyl groups is 1. The fraction of sp³-hybridized carbons (Fsp3) is 0.520. The van der Waals surface area contributed by atoms with Crippen molar-refractivity contribution >= 4 is 100 Å². The van der Waals surface area contributed by atoms with E-state index in [-0.39, 0.29) is 0 Å². The van der Waals surface area contributed by atoms with Crippen LogP contribution in [0.15, 0.2) is 15.4 Å². The first-order chi connectivity index (χ1) is 19.0.